The third-order valence-corrected chi connectivity index (χ3v) is 2.65. The van der Waals surface area contributed by atoms with Crippen molar-refractivity contribution in [1.29, 1.82) is 0 Å². The summed E-state index contributed by atoms with van der Waals surface area (Å²) in [6.07, 6.45) is 0. The van der Waals surface area contributed by atoms with Gasteiger partial charge >= 0.3 is 0 Å². The Labute approximate surface area is 99.9 Å². The van der Waals surface area contributed by atoms with Crippen LogP contribution in [0.2, 0.25) is 0 Å². The summed E-state index contributed by atoms with van der Waals surface area (Å²) in [4.78, 5) is 0. The summed E-state index contributed by atoms with van der Waals surface area (Å²) in [6, 6.07) is 3.63. The molecule has 0 radical (unpaired) electrons. The van der Waals surface area contributed by atoms with Gasteiger partial charge in [-0.15, -0.1) is 12.4 Å². The summed E-state index contributed by atoms with van der Waals surface area (Å²) in [5, 5.41) is 8.56. The van der Waals surface area contributed by atoms with E-state index in [9.17, 15) is 8.78 Å². The number of hydrogen-bond donors (Lipinski definition) is 2. The van der Waals surface area contributed by atoms with Gasteiger partial charge in [-0.1, -0.05) is 18.2 Å². The van der Waals surface area contributed by atoms with Crippen LogP contribution in [0.5, 0.6) is 0 Å². The Balaban J connectivity index is 0.00000225. The molecule has 5 heteroatoms. The Kier molecular flexibility index (Phi) is 5.32. The van der Waals surface area contributed by atoms with Crippen LogP contribution in [-0.2, 0) is 0 Å². The Hall–Kier alpha value is -0.710. The minimum absolute atomic E-state index is 0. The van der Waals surface area contributed by atoms with Gasteiger partial charge in [0.25, 0.3) is 5.92 Å². The van der Waals surface area contributed by atoms with Crippen LogP contribution in [0.4, 0.5) is 8.78 Å². The van der Waals surface area contributed by atoms with Crippen molar-refractivity contribution in [2.45, 2.75) is 25.8 Å². The van der Waals surface area contributed by atoms with E-state index in [-0.39, 0.29) is 12.4 Å². The van der Waals surface area contributed by atoms with E-state index >= 15 is 0 Å². The first kappa shape index (κ1) is 15.3. The van der Waals surface area contributed by atoms with Crippen molar-refractivity contribution in [3.05, 3.63) is 34.9 Å². The van der Waals surface area contributed by atoms with Crippen LogP contribution in [-0.4, -0.2) is 17.6 Å². The Bertz CT molecular complexity index is 358. The molecule has 1 aromatic carbocycles. The van der Waals surface area contributed by atoms with Crippen LogP contribution in [0.25, 0.3) is 0 Å². The summed E-state index contributed by atoms with van der Waals surface area (Å²) in [6.45, 7) is 2.35. The topological polar surface area (TPSA) is 46.2 Å². The van der Waals surface area contributed by atoms with Crippen molar-refractivity contribution in [3.63, 3.8) is 0 Å². The highest BCUT2D eigenvalue weighted by atomic mass is 35.5. The number of nitrogens with two attached hydrogens (primary N) is 1. The molecule has 1 rings (SSSR count). The van der Waals surface area contributed by atoms with Gasteiger partial charge in [0.15, 0.2) is 0 Å². The minimum atomic E-state index is -3.28. The van der Waals surface area contributed by atoms with Crippen molar-refractivity contribution in [3.8, 4) is 0 Å². The highest BCUT2D eigenvalue weighted by Crippen LogP contribution is 2.31. The molecule has 0 aromatic heterocycles. The molecule has 0 bridgehead atoms. The maximum absolute atomic E-state index is 13.2. The maximum atomic E-state index is 13.2. The molecule has 0 fully saturated rings. The standard InChI is InChI=1S/C11H15F2NO.ClH/c1-7-4-3-5-9(8(7)2)10(14)11(12,13)6-15;/h3-5,10,15H,6,14H2,1-2H3;1H/t10-;/m0./s1. The monoisotopic (exact) mass is 251 g/mol. The summed E-state index contributed by atoms with van der Waals surface area (Å²) < 4.78 is 26.3. The van der Waals surface area contributed by atoms with Crippen LogP contribution in [0, 0.1) is 13.8 Å². The fourth-order valence-corrected chi connectivity index (χ4v) is 1.44. The molecule has 0 unspecified atom stereocenters. The molecule has 16 heavy (non-hydrogen) atoms. The van der Waals surface area contributed by atoms with Crippen molar-refractivity contribution < 1.29 is 13.9 Å². The van der Waals surface area contributed by atoms with E-state index in [4.69, 9.17) is 10.8 Å². The van der Waals surface area contributed by atoms with Crippen molar-refractivity contribution in [1.82, 2.24) is 0 Å². The fraction of sp³-hybridized carbons (Fsp3) is 0.455. The molecular formula is C11H16ClF2NO. The van der Waals surface area contributed by atoms with E-state index in [2.05, 4.69) is 0 Å². The molecule has 92 valence electrons. The lowest BCUT2D eigenvalue weighted by Crippen LogP contribution is -2.36. The lowest BCUT2D eigenvalue weighted by molar-refractivity contribution is -0.0713. The first-order valence-corrected chi connectivity index (χ1v) is 4.70. The van der Waals surface area contributed by atoms with Crippen molar-refractivity contribution in [2.24, 2.45) is 5.73 Å². The van der Waals surface area contributed by atoms with Gasteiger partial charge in [-0.05, 0) is 30.5 Å². The molecular weight excluding hydrogens is 236 g/mol. The first-order chi connectivity index (χ1) is 6.90. The quantitative estimate of drug-likeness (QED) is 0.866. The van der Waals surface area contributed by atoms with Gasteiger partial charge in [-0.2, -0.15) is 0 Å². The minimum Gasteiger partial charge on any atom is -0.390 e. The number of aliphatic hydroxyl groups excluding tert-OH is 1. The number of alkyl halides is 2. The van der Waals surface area contributed by atoms with Gasteiger partial charge in [0.1, 0.15) is 6.61 Å². The molecule has 0 spiro atoms. The van der Waals surface area contributed by atoms with Crippen LogP contribution in [0.15, 0.2) is 18.2 Å². The summed E-state index contributed by atoms with van der Waals surface area (Å²) in [5.74, 6) is -3.28. The lowest BCUT2D eigenvalue weighted by atomic mass is 9.94. The van der Waals surface area contributed by atoms with Crippen LogP contribution >= 0.6 is 12.4 Å². The van der Waals surface area contributed by atoms with Gasteiger partial charge in [0, 0.05) is 0 Å². The molecule has 3 N–H and O–H groups in total. The average Bonchev–Trinajstić information content (AvgIpc) is 2.21. The molecule has 1 atom stereocenters. The first-order valence-electron chi connectivity index (χ1n) is 4.70. The molecule has 0 saturated carbocycles. The number of hydrogen-bond acceptors (Lipinski definition) is 2. The summed E-state index contributed by atoms with van der Waals surface area (Å²) in [5.41, 5.74) is 7.49. The highest BCUT2D eigenvalue weighted by molar-refractivity contribution is 5.85. The van der Waals surface area contributed by atoms with Gasteiger partial charge < -0.3 is 10.8 Å². The van der Waals surface area contributed by atoms with E-state index in [1.807, 2.05) is 13.0 Å². The molecule has 2 nitrogen and oxygen atoms in total. The second-order valence-electron chi connectivity index (χ2n) is 3.69. The Morgan fingerprint density at radius 1 is 1.38 bits per heavy atom. The molecule has 0 amide bonds. The van der Waals surface area contributed by atoms with Crippen molar-refractivity contribution >= 4 is 12.4 Å². The van der Waals surface area contributed by atoms with E-state index in [0.717, 1.165) is 11.1 Å². The zero-order chi connectivity index (χ0) is 11.6. The molecule has 0 heterocycles. The predicted octanol–water partition coefficient (Wildman–Crippen LogP) is 2.35. The number of benzene rings is 1. The molecule has 0 aliphatic heterocycles. The largest absolute Gasteiger partial charge is 0.390 e. The third-order valence-electron chi connectivity index (χ3n) is 2.65. The van der Waals surface area contributed by atoms with E-state index in [1.165, 1.54) is 0 Å². The molecule has 1 aromatic rings. The third kappa shape index (κ3) is 2.90. The van der Waals surface area contributed by atoms with E-state index in [0.29, 0.717) is 5.56 Å². The number of halogens is 3. The normalized spacial score (nSPS) is 13.1. The highest BCUT2D eigenvalue weighted by Gasteiger charge is 2.37. The molecule has 0 aliphatic rings. The van der Waals surface area contributed by atoms with Gasteiger partial charge in [-0.3, -0.25) is 0 Å². The smallest absolute Gasteiger partial charge is 0.289 e. The summed E-state index contributed by atoms with van der Waals surface area (Å²) >= 11 is 0. The number of rotatable bonds is 3. The number of aliphatic hydroxyl groups is 1. The SMILES string of the molecule is Cc1cccc([C@H](N)C(F)(F)CO)c1C.Cl. The van der Waals surface area contributed by atoms with Crippen LogP contribution in [0.3, 0.4) is 0 Å². The zero-order valence-electron chi connectivity index (χ0n) is 9.21. The van der Waals surface area contributed by atoms with E-state index in [1.54, 1.807) is 19.1 Å². The number of aryl methyl sites for hydroxylation is 1. The molecule has 0 aliphatic carbocycles. The summed E-state index contributed by atoms with van der Waals surface area (Å²) in [7, 11) is 0. The fourth-order valence-electron chi connectivity index (χ4n) is 1.44. The van der Waals surface area contributed by atoms with Crippen LogP contribution < -0.4 is 5.73 Å². The zero-order valence-corrected chi connectivity index (χ0v) is 10.0. The Morgan fingerprint density at radius 3 is 2.44 bits per heavy atom. The van der Waals surface area contributed by atoms with Gasteiger partial charge in [0.2, 0.25) is 0 Å². The van der Waals surface area contributed by atoms with E-state index < -0.39 is 18.6 Å². The second kappa shape index (κ2) is 5.57. The Morgan fingerprint density at radius 2 is 1.94 bits per heavy atom. The van der Waals surface area contributed by atoms with Crippen molar-refractivity contribution in [2.75, 3.05) is 6.61 Å². The van der Waals surface area contributed by atoms with Gasteiger partial charge in [0.05, 0.1) is 6.04 Å². The molecule has 0 saturated heterocycles. The average molecular weight is 252 g/mol. The predicted molar refractivity (Wildman–Crippen MR) is 62.1 cm³/mol. The second-order valence-corrected chi connectivity index (χ2v) is 3.69. The maximum Gasteiger partial charge on any atom is 0.289 e. The van der Waals surface area contributed by atoms with Gasteiger partial charge in [-0.25, -0.2) is 8.78 Å². The van der Waals surface area contributed by atoms with Crippen LogP contribution in [0.1, 0.15) is 22.7 Å². The lowest BCUT2D eigenvalue weighted by Gasteiger charge is -2.23.